The monoisotopic (exact) mass is 267 g/mol. The number of aliphatic hydroxyl groups is 1. The Morgan fingerprint density at radius 1 is 1.47 bits per heavy atom. The number of aromatic amines is 1. The summed E-state index contributed by atoms with van der Waals surface area (Å²) in [7, 11) is 0. The van der Waals surface area contributed by atoms with Gasteiger partial charge in [0, 0.05) is 18.0 Å². The van der Waals surface area contributed by atoms with Crippen LogP contribution in [0.1, 0.15) is 38.2 Å². The van der Waals surface area contributed by atoms with Crippen LogP contribution in [0.25, 0.3) is 0 Å². The number of carbonyl (C=O) groups excluding carboxylic acids is 1. The first-order chi connectivity index (χ1) is 8.74. The molecule has 0 spiro atoms. The molecule has 0 aliphatic carbocycles. The van der Waals surface area contributed by atoms with Crippen molar-refractivity contribution in [3.8, 4) is 0 Å². The highest BCUT2D eigenvalue weighted by Gasteiger charge is 2.30. The molecular formula is C13H21N3O3. The second kappa shape index (κ2) is 5.97. The summed E-state index contributed by atoms with van der Waals surface area (Å²) < 4.78 is 0. The number of aromatic nitrogens is 2. The SMILES string of the molecule is CC(C)C(O)C(C)(C)CNC(=O)c1ccc(=O)[nH]n1. The van der Waals surface area contributed by atoms with Crippen LogP contribution in [0.4, 0.5) is 0 Å². The number of aliphatic hydroxyl groups excluding tert-OH is 1. The van der Waals surface area contributed by atoms with E-state index in [1.165, 1.54) is 12.1 Å². The molecule has 3 N–H and O–H groups in total. The summed E-state index contributed by atoms with van der Waals surface area (Å²) in [6, 6.07) is 2.61. The summed E-state index contributed by atoms with van der Waals surface area (Å²) >= 11 is 0. The number of carbonyl (C=O) groups is 1. The van der Waals surface area contributed by atoms with E-state index in [1.54, 1.807) is 0 Å². The van der Waals surface area contributed by atoms with E-state index in [9.17, 15) is 14.7 Å². The smallest absolute Gasteiger partial charge is 0.271 e. The Bertz CT molecular complexity index is 474. The summed E-state index contributed by atoms with van der Waals surface area (Å²) in [6.07, 6.45) is -0.517. The van der Waals surface area contributed by atoms with Gasteiger partial charge in [0.25, 0.3) is 11.5 Å². The van der Waals surface area contributed by atoms with Crippen LogP contribution in [0, 0.1) is 11.3 Å². The highest BCUT2D eigenvalue weighted by molar-refractivity contribution is 5.91. The maximum atomic E-state index is 11.8. The fourth-order valence-corrected chi connectivity index (χ4v) is 1.88. The van der Waals surface area contributed by atoms with Gasteiger partial charge in [0.2, 0.25) is 0 Å². The first-order valence-corrected chi connectivity index (χ1v) is 6.26. The second-order valence-electron chi connectivity index (χ2n) is 5.67. The van der Waals surface area contributed by atoms with Gasteiger partial charge in [-0.2, -0.15) is 5.10 Å². The molecule has 106 valence electrons. The molecule has 0 bridgehead atoms. The Labute approximate surface area is 112 Å². The van der Waals surface area contributed by atoms with Gasteiger partial charge in [-0.3, -0.25) is 9.59 Å². The highest BCUT2D eigenvalue weighted by Crippen LogP contribution is 2.25. The number of hydrogen-bond acceptors (Lipinski definition) is 4. The van der Waals surface area contributed by atoms with Crippen LogP contribution < -0.4 is 10.9 Å². The zero-order valence-electron chi connectivity index (χ0n) is 11.7. The predicted octanol–water partition coefficient (Wildman–Crippen LogP) is 0.543. The van der Waals surface area contributed by atoms with Gasteiger partial charge in [0.05, 0.1) is 6.10 Å². The molecule has 6 heteroatoms. The summed E-state index contributed by atoms with van der Waals surface area (Å²) in [4.78, 5) is 22.7. The first kappa shape index (κ1) is 15.4. The third kappa shape index (κ3) is 4.17. The van der Waals surface area contributed by atoms with Crippen molar-refractivity contribution in [1.29, 1.82) is 0 Å². The zero-order chi connectivity index (χ0) is 14.6. The van der Waals surface area contributed by atoms with Gasteiger partial charge in [0.1, 0.15) is 5.69 Å². The van der Waals surface area contributed by atoms with Crippen LogP contribution in [0.15, 0.2) is 16.9 Å². The lowest BCUT2D eigenvalue weighted by molar-refractivity contribution is 0.0138. The van der Waals surface area contributed by atoms with E-state index < -0.39 is 11.5 Å². The summed E-state index contributed by atoms with van der Waals surface area (Å²) in [5.74, 6) is -0.265. The zero-order valence-corrected chi connectivity index (χ0v) is 11.7. The molecule has 0 fully saturated rings. The van der Waals surface area contributed by atoms with Crippen LogP contribution in [-0.4, -0.2) is 33.9 Å². The Kier molecular flexibility index (Phi) is 4.83. The molecule has 19 heavy (non-hydrogen) atoms. The minimum Gasteiger partial charge on any atom is -0.392 e. The normalized spacial score (nSPS) is 13.4. The van der Waals surface area contributed by atoms with E-state index in [1.807, 2.05) is 27.7 Å². The molecule has 0 aliphatic rings. The molecular weight excluding hydrogens is 246 g/mol. The van der Waals surface area contributed by atoms with Gasteiger partial charge < -0.3 is 10.4 Å². The molecule has 1 amide bonds. The van der Waals surface area contributed by atoms with Gasteiger partial charge in [0.15, 0.2) is 0 Å². The summed E-state index contributed by atoms with van der Waals surface area (Å²) in [5, 5.41) is 18.6. The molecule has 0 saturated carbocycles. The molecule has 1 aromatic heterocycles. The number of nitrogens with one attached hydrogen (secondary N) is 2. The Hall–Kier alpha value is -1.69. The molecule has 0 aromatic carbocycles. The van der Waals surface area contributed by atoms with Crippen LogP contribution in [0.3, 0.4) is 0 Å². The van der Waals surface area contributed by atoms with Crippen LogP contribution in [0.5, 0.6) is 0 Å². The lowest BCUT2D eigenvalue weighted by Gasteiger charge is -2.33. The third-order valence-electron chi connectivity index (χ3n) is 3.05. The van der Waals surface area contributed by atoms with Crippen molar-refractivity contribution in [1.82, 2.24) is 15.5 Å². The topological polar surface area (TPSA) is 95.1 Å². The number of H-pyrrole nitrogens is 1. The Balaban J connectivity index is 2.64. The van der Waals surface area contributed by atoms with Crippen molar-refractivity contribution < 1.29 is 9.90 Å². The minimum absolute atomic E-state index is 0.109. The number of rotatable bonds is 5. The lowest BCUT2D eigenvalue weighted by Crippen LogP contribution is -2.43. The molecule has 6 nitrogen and oxygen atoms in total. The largest absolute Gasteiger partial charge is 0.392 e. The van der Waals surface area contributed by atoms with E-state index in [0.29, 0.717) is 6.54 Å². The van der Waals surface area contributed by atoms with Gasteiger partial charge >= 0.3 is 0 Å². The number of hydrogen-bond donors (Lipinski definition) is 3. The van der Waals surface area contributed by atoms with E-state index in [4.69, 9.17) is 0 Å². The maximum Gasteiger partial charge on any atom is 0.271 e. The van der Waals surface area contributed by atoms with Crippen molar-refractivity contribution in [3.05, 3.63) is 28.2 Å². The highest BCUT2D eigenvalue weighted by atomic mass is 16.3. The molecule has 0 saturated heterocycles. The van der Waals surface area contributed by atoms with Crippen molar-refractivity contribution in [2.24, 2.45) is 11.3 Å². The molecule has 1 unspecified atom stereocenters. The van der Waals surface area contributed by atoms with Crippen molar-refractivity contribution >= 4 is 5.91 Å². The van der Waals surface area contributed by atoms with E-state index in [-0.39, 0.29) is 23.1 Å². The van der Waals surface area contributed by atoms with Gasteiger partial charge in [-0.15, -0.1) is 0 Å². The second-order valence-corrected chi connectivity index (χ2v) is 5.67. The van der Waals surface area contributed by atoms with Gasteiger partial charge in [-0.05, 0) is 12.0 Å². The molecule has 1 heterocycles. The van der Waals surface area contributed by atoms with Crippen LogP contribution in [-0.2, 0) is 0 Å². The third-order valence-corrected chi connectivity index (χ3v) is 3.05. The van der Waals surface area contributed by atoms with Gasteiger partial charge in [-0.1, -0.05) is 27.7 Å². The Morgan fingerprint density at radius 3 is 2.58 bits per heavy atom. The summed E-state index contributed by atoms with van der Waals surface area (Å²) in [5.41, 5.74) is -0.645. The first-order valence-electron chi connectivity index (χ1n) is 6.26. The van der Waals surface area contributed by atoms with Gasteiger partial charge in [-0.25, -0.2) is 5.10 Å². The molecule has 0 radical (unpaired) electrons. The quantitative estimate of drug-likeness (QED) is 0.725. The molecule has 0 aliphatic heterocycles. The lowest BCUT2D eigenvalue weighted by atomic mass is 9.80. The fraction of sp³-hybridized carbons (Fsp3) is 0.615. The van der Waals surface area contributed by atoms with Crippen molar-refractivity contribution in [2.75, 3.05) is 6.54 Å². The number of nitrogens with zero attached hydrogens (tertiary/aromatic N) is 1. The van der Waals surface area contributed by atoms with Crippen LogP contribution in [0.2, 0.25) is 0 Å². The molecule has 1 aromatic rings. The molecule has 1 atom stereocenters. The fourth-order valence-electron chi connectivity index (χ4n) is 1.88. The molecule has 1 rings (SSSR count). The maximum absolute atomic E-state index is 11.8. The predicted molar refractivity (Wildman–Crippen MR) is 71.8 cm³/mol. The van der Waals surface area contributed by atoms with Crippen molar-refractivity contribution in [2.45, 2.75) is 33.8 Å². The average Bonchev–Trinajstić information content (AvgIpc) is 2.35. The van der Waals surface area contributed by atoms with E-state index in [2.05, 4.69) is 15.5 Å². The van der Waals surface area contributed by atoms with Crippen molar-refractivity contribution in [3.63, 3.8) is 0 Å². The summed E-state index contributed by atoms with van der Waals surface area (Å²) in [6.45, 7) is 7.96. The van der Waals surface area contributed by atoms with E-state index in [0.717, 1.165) is 0 Å². The Morgan fingerprint density at radius 2 is 2.11 bits per heavy atom. The minimum atomic E-state index is -0.517. The van der Waals surface area contributed by atoms with E-state index >= 15 is 0 Å². The van der Waals surface area contributed by atoms with Crippen LogP contribution >= 0.6 is 0 Å². The standard InChI is InChI=1S/C13H21N3O3/c1-8(2)11(18)13(3,4)7-14-12(19)9-5-6-10(17)16-15-9/h5-6,8,11,18H,7H2,1-4H3,(H,14,19)(H,16,17). The number of amides is 1. The average molecular weight is 267 g/mol.